The molecular formula is C11H22N6O. The second-order valence-corrected chi connectivity index (χ2v) is 4.78. The summed E-state index contributed by atoms with van der Waals surface area (Å²) in [6, 6.07) is 0.527. The predicted molar refractivity (Wildman–Crippen MR) is 70.7 cm³/mol. The Labute approximate surface area is 107 Å². The minimum atomic E-state index is -0.772. The number of ether oxygens (including phenoxy) is 1. The lowest BCUT2D eigenvalue weighted by Gasteiger charge is -2.44. The Morgan fingerprint density at radius 2 is 2.39 bits per heavy atom. The highest BCUT2D eigenvalue weighted by molar-refractivity contribution is 5.81. The van der Waals surface area contributed by atoms with Crippen LogP contribution in [0.2, 0.25) is 0 Å². The van der Waals surface area contributed by atoms with Crippen LogP contribution >= 0.6 is 0 Å². The maximum atomic E-state index is 6.20. The molecular weight excluding hydrogens is 232 g/mol. The molecule has 18 heavy (non-hydrogen) atoms. The number of hydrogen-bond acceptors (Lipinski definition) is 7. The second kappa shape index (κ2) is 5.13. The molecule has 0 aliphatic carbocycles. The van der Waals surface area contributed by atoms with Crippen LogP contribution in [-0.2, 0) is 4.74 Å². The molecule has 2 heterocycles. The van der Waals surface area contributed by atoms with E-state index >= 15 is 0 Å². The van der Waals surface area contributed by atoms with Gasteiger partial charge in [-0.1, -0.05) is 0 Å². The maximum Gasteiger partial charge on any atom is 0.196 e. The molecule has 0 spiro atoms. The van der Waals surface area contributed by atoms with Gasteiger partial charge in [0, 0.05) is 32.7 Å². The maximum absolute atomic E-state index is 6.20. The Morgan fingerprint density at radius 3 is 3.00 bits per heavy atom. The van der Waals surface area contributed by atoms with E-state index in [1.807, 2.05) is 13.1 Å². The Bertz CT molecular complexity index is 363. The van der Waals surface area contributed by atoms with Crippen LogP contribution in [0.4, 0.5) is 0 Å². The molecule has 0 radical (unpaired) electrons. The number of nitrogens with one attached hydrogen (secondary N) is 2. The number of nitrogens with zero attached hydrogens (tertiary/aromatic N) is 2. The summed E-state index contributed by atoms with van der Waals surface area (Å²) in [6.45, 7) is 2.45. The summed E-state index contributed by atoms with van der Waals surface area (Å²) >= 11 is 0. The van der Waals surface area contributed by atoms with Crippen molar-refractivity contribution < 1.29 is 4.74 Å². The minimum Gasteiger partial charge on any atom is -0.385 e. The van der Waals surface area contributed by atoms with Gasteiger partial charge in [-0.05, 0) is 13.1 Å². The number of likely N-dealkylation sites (tertiary alicyclic amines) is 1. The first kappa shape index (κ1) is 13.1. The van der Waals surface area contributed by atoms with Gasteiger partial charge in [-0.2, -0.15) is 0 Å². The van der Waals surface area contributed by atoms with Gasteiger partial charge in [0.05, 0.1) is 6.61 Å². The summed E-state index contributed by atoms with van der Waals surface area (Å²) < 4.78 is 5.05. The number of guanidine groups is 1. The molecule has 1 saturated heterocycles. The molecule has 2 rings (SSSR count). The first-order valence-electron chi connectivity index (χ1n) is 6.11. The molecule has 2 aliphatic heterocycles. The first-order chi connectivity index (χ1) is 8.56. The number of methoxy groups -OCH3 is 1. The number of rotatable bonds is 5. The fourth-order valence-corrected chi connectivity index (χ4v) is 2.11. The molecule has 0 aromatic rings. The Morgan fingerprint density at radius 1 is 1.67 bits per heavy atom. The third kappa shape index (κ3) is 2.74. The van der Waals surface area contributed by atoms with Crippen molar-refractivity contribution in [2.24, 2.45) is 16.5 Å². The standard InChI is InChI=1S/C11H22N6O/c1-14-8-6-17(7-8)9-5-11(13,3-4-18-2)16-10(12)15-9/h5,8,14H,3-4,6-7,13H2,1-2H3,(H3,12,15,16). The highest BCUT2D eigenvalue weighted by Crippen LogP contribution is 2.21. The van der Waals surface area contributed by atoms with E-state index in [9.17, 15) is 0 Å². The van der Waals surface area contributed by atoms with Crippen molar-refractivity contribution in [2.45, 2.75) is 18.1 Å². The van der Waals surface area contributed by atoms with Gasteiger partial charge < -0.3 is 31.7 Å². The Hall–Kier alpha value is -1.31. The number of likely N-dealkylation sites (N-methyl/N-ethyl adjacent to an activating group) is 1. The summed E-state index contributed by atoms with van der Waals surface area (Å²) in [7, 11) is 3.61. The zero-order valence-electron chi connectivity index (χ0n) is 10.9. The number of nitrogens with two attached hydrogens (primary N) is 2. The lowest BCUT2D eigenvalue weighted by molar-refractivity contribution is 0.160. The largest absolute Gasteiger partial charge is 0.385 e. The molecule has 1 fully saturated rings. The van der Waals surface area contributed by atoms with Crippen LogP contribution in [0.5, 0.6) is 0 Å². The van der Waals surface area contributed by atoms with Gasteiger partial charge >= 0.3 is 0 Å². The van der Waals surface area contributed by atoms with Crippen molar-refractivity contribution in [3.8, 4) is 0 Å². The fraction of sp³-hybridized carbons (Fsp3) is 0.727. The minimum absolute atomic E-state index is 0.360. The van der Waals surface area contributed by atoms with Crippen molar-refractivity contribution in [1.29, 1.82) is 0 Å². The molecule has 0 bridgehead atoms. The average molecular weight is 254 g/mol. The monoisotopic (exact) mass is 254 g/mol. The van der Waals surface area contributed by atoms with Crippen molar-refractivity contribution >= 4 is 5.96 Å². The van der Waals surface area contributed by atoms with Gasteiger partial charge in [-0.3, -0.25) is 0 Å². The van der Waals surface area contributed by atoms with Crippen molar-refractivity contribution in [1.82, 2.24) is 15.5 Å². The lowest BCUT2D eigenvalue weighted by atomic mass is 10.0. The van der Waals surface area contributed by atoms with Crippen LogP contribution in [0.1, 0.15) is 6.42 Å². The molecule has 1 atom stereocenters. The second-order valence-electron chi connectivity index (χ2n) is 4.78. The highest BCUT2D eigenvalue weighted by Gasteiger charge is 2.33. The van der Waals surface area contributed by atoms with E-state index < -0.39 is 5.66 Å². The molecule has 7 heteroatoms. The van der Waals surface area contributed by atoms with Crippen molar-refractivity contribution in [2.75, 3.05) is 33.9 Å². The molecule has 0 aromatic carbocycles. The van der Waals surface area contributed by atoms with Gasteiger partial charge in [0.2, 0.25) is 0 Å². The smallest absolute Gasteiger partial charge is 0.196 e. The molecule has 0 amide bonds. The zero-order valence-corrected chi connectivity index (χ0v) is 10.9. The van der Waals surface area contributed by atoms with Gasteiger partial charge in [-0.25, -0.2) is 4.99 Å². The topological polar surface area (TPSA) is 101 Å². The van der Waals surface area contributed by atoms with Crippen LogP contribution in [0.3, 0.4) is 0 Å². The van der Waals surface area contributed by atoms with E-state index in [-0.39, 0.29) is 0 Å². The Balaban J connectivity index is 2.03. The van der Waals surface area contributed by atoms with Crippen LogP contribution in [0.25, 0.3) is 0 Å². The number of hydrogen-bond donors (Lipinski definition) is 4. The third-order valence-electron chi connectivity index (χ3n) is 3.31. The molecule has 1 unspecified atom stereocenters. The fourth-order valence-electron chi connectivity index (χ4n) is 2.11. The van der Waals surface area contributed by atoms with Gasteiger partial charge in [0.25, 0.3) is 0 Å². The van der Waals surface area contributed by atoms with Gasteiger partial charge in [-0.15, -0.1) is 0 Å². The van der Waals surface area contributed by atoms with Crippen LogP contribution in [-0.4, -0.2) is 56.4 Å². The van der Waals surface area contributed by atoms with E-state index in [0.717, 1.165) is 18.9 Å². The number of aliphatic imine (C=N–C) groups is 1. The van der Waals surface area contributed by atoms with Crippen molar-refractivity contribution in [3.63, 3.8) is 0 Å². The van der Waals surface area contributed by atoms with E-state index in [1.165, 1.54) is 0 Å². The Kier molecular flexibility index (Phi) is 3.74. The lowest BCUT2D eigenvalue weighted by Crippen LogP contribution is -2.60. The molecule has 6 N–H and O–H groups in total. The molecule has 2 aliphatic rings. The summed E-state index contributed by atoms with van der Waals surface area (Å²) in [5.41, 5.74) is 11.2. The molecule has 7 nitrogen and oxygen atoms in total. The van der Waals surface area contributed by atoms with E-state index in [4.69, 9.17) is 16.2 Å². The normalized spacial score (nSPS) is 28.3. The molecule has 0 saturated carbocycles. The highest BCUT2D eigenvalue weighted by atomic mass is 16.5. The SMILES string of the molecule is CNC1CN(C2=CC(N)(CCOC)N=C(N)N2)C1. The van der Waals surface area contributed by atoms with Gasteiger partial charge in [0.1, 0.15) is 11.5 Å². The third-order valence-corrected chi connectivity index (χ3v) is 3.31. The summed E-state index contributed by atoms with van der Waals surface area (Å²) in [5, 5.41) is 6.29. The first-order valence-corrected chi connectivity index (χ1v) is 6.11. The van der Waals surface area contributed by atoms with Crippen LogP contribution < -0.4 is 22.1 Å². The van der Waals surface area contributed by atoms with Gasteiger partial charge in [0.15, 0.2) is 5.96 Å². The summed E-state index contributed by atoms with van der Waals surface area (Å²) in [5.74, 6) is 1.30. The molecule has 102 valence electrons. The van der Waals surface area contributed by atoms with E-state index in [0.29, 0.717) is 25.0 Å². The predicted octanol–water partition coefficient (Wildman–Crippen LogP) is -1.66. The van der Waals surface area contributed by atoms with Crippen LogP contribution in [0, 0.1) is 0 Å². The quantitative estimate of drug-likeness (QED) is 0.468. The van der Waals surface area contributed by atoms with E-state index in [1.54, 1.807) is 7.11 Å². The summed E-state index contributed by atoms with van der Waals surface area (Å²) in [6.07, 6.45) is 2.53. The zero-order chi connectivity index (χ0) is 13.2. The van der Waals surface area contributed by atoms with Crippen molar-refractivity contribution in [3.05, 3.63) is 11.9 Å². The van der Waals surface area contributed by atoms with E-state index in [2.05, 4.69) is 20.5 Å². The summed E-state index contributed by atoms with van der Waals surface area (Å²) in [4.78, 5) is 6.44. The van der Waals surface area contributed by atoms with Crippen LogP contribution in [0.15, 0.2) is 16.9 Å². The average Bonchev–Trinajstić information content (AvgIpc) is 2.24. The molecule has 0 aromatic heterocycles.